The van der Waals surface area contributed by atoms with Gasteiger partial charge < -0.3 is 5.32 Å². The van der Waals surface area contributed by atoms with Gasteiger partial charge in [-0.3, -0.25) is 4.57 Å². The Morgan fingerprint density at radius 3 is 2.80 bits per heavy atom. The Labute approximate surface area is 131 Å². The van der Waals surface area contributed by atoms with Crippen molar-refractivity contribution in [2.24, 2.45) is 0 Å². The largest absolute Gasteiger partial charge is 0.317 e. The van der Waals surface area contributed by atoms with E-state index in [2.05, 4.69) is 54.2 Å². The number of hydrogen-bond acceptors (Lipinski definition) is 4. The second kappa shape index (κ2) is 6.28. The summed E-state index contributed by atoms with van der Waals surface area (Å²) in [4.78, 5) is 0. The SMILES string of the molecule is CSc1nnc(C2CCNCC2)n1-c1cccc(Br)c1. The van der Waals surface area contributed by atoms with Crippen LogP contribution >= 0.6 is 27.7 Å². The zero-order chi connectivity index (χ0) is 13.9. The molecule has 0 saturated carbocycles. The molecule has 106 valence electrons. The molecule has 0 bridgehead atoms. The minimum absolute atomic E-state index is 0.489. The molecule has 1 saturated heterocycles. The third-order valence-electron chi connectivity index (χ3n) is 3.61. The van der Waals surface area contributed by atoms with Gasteiger partial charge in [0.25, 0.3) is 0 Å². The highest BCUT2D eigenvalue weighted by molar-refractivity contribution is 9.10. The molecule has 3 rings (SSSR count). The van der Waals surface area contributed by atoms with Crippen molar-refractivity contribution in [2.75, 3.05) is 19.3 Å². The first-order valence-electron chi connectivity index (χ1n) is 6.75. The molecule has 0 unspecified atom stereocenters. The number of rotatable bonds is 3. The van der Waals surface area contributed by atoms with Crippen molar-refractivity contribution in [2.45, 2.75) is 23.9 Å². The summed E-state index contributed by atoms with van der Waals surface area (Å²) in [6.45, 7) is 2.12. The summed E-state index contributed by atoms with van der Waals surface area (Å²) in [6, 6.07) is 8.32. The monoisotopic (exact) mass is 352 g/mol. The maximum absolute atomic E-state index is 4.47. The molecule has 6 heteroatoms. The average Bonchev–Trinajstić information content (AvgIpc) is 2.92. The summed E-state index contributed by atoms with van der Waals surface area (Å²) in [5.74, 6) is 1.58. The molecule has 0 aliphatic carbocycles. The van der Waals surface area contributed by atoms with Crippen LogP contribution in [0.1, 0.15) is 24.6 Å². The van der Waals surface area contributed by atoms with Crippen molar-refractivity contribution in [1.82, 2.24) is 20.1 Å². The first-order valence-corrected chi connectivity index (χ1v) is 8.77. The van der Waals surface area contributed by atoms with Crippen LogP contribution in [0.25, 0.3) is 5.69 Å². The van der Waals surface area contributed by atoms with Gasteiger partial charge in [0, 0.05) is 10.4 Å². The van der Waals surface area contributed by atoms with E-state index in [4.69, 9.17) is 0 Å². The molecule has 2 aromatic rings. The summed E-state index contributed by atoms with van der Waals surface area (Å²) >= 11 is 5.18. The van der Waals surface area contributed by atoms with Crippen LogP contribution in [0.2, 0.25) is 0 Å². The number of nitrogens with zero attached hydrogens (tertiary/aromatic N) is 3. The highest BCUT2D eigenvalue weighted by Crippen LogP contribution is 2.30. The molecule has 4 nitrogen and oxygen atoms in total. The molecule has 1 aliphatic heterocycles. The minimum Gasteiger partial charge on any atom is -0.317 e. The van der Waals surface area contributed by atoms with E-state index in [1.54, 1.807) is 11.8 Å². The van der Waals surface area contributed by atoms with Crippen molar-refractivity contribution in [1.29, 1.82) is 0 Å². The van der Waals surface area contributed by atoms with Gasteiger partial charge in [-0.05, 0) is 50.4 Å². The molecule has 0 radical (unpaired) electrons. The van der Waals surface area contributed by atoms with Gasteiger partial charge in [0.05, 0.1) is 5.69 Å². The summed E-state index contributed by atoms with van der Waals surface area (Å²) in [6.07, 6.45) is 4.30. The van der Waals surface area contributed by atoms with Crippen LogP contribution in [0.3, 0.4) is 0 Å². The molecule has 0 amide bonds. The molecule has 0 spiro atoms. The smallest absolute Gasteiger partial charge is 0.195 e. The molecule has 1 fully saturated rings. The van der Waals surface area contributed by atoms with Crippen molar-refractivity contribution >= 4 is 27.7 Å². The topological polar surface area (TPSA) is 42.7 Å². The Kier molecular flexibility index (Phi) is 4.43. The quantitative estimate of drug-likeness (QED) is 0.861. The second-order valence-corrected chi connectivity index (χ2v) is 6.57. The zero-order valence-electron chi connectivity index (χ0n) is 11.3. The Balaban J connectivity index is 2.05. The highest BCUT2D eigenvalue weighted by atomic mass is 79.9. The van der Waals surface area contributed by atoms with Crippen LogP contribution in [0.4, 0.5) is 0 Å². The number of halogens is 1. The maximum Gasteiger partial charge on any atom is 0.195 e. The minimum atomic E-state index is 0.489. The summed E-state index contributed by atoms with van der Waals surface area (Å²) < 4.78 is 3.28. The van der Waals surface area contributed by atoms with Crippen LogP contribution < -0.4 is 5.32 Å². The Bertz CT molecular complexity index is 593. The maximum atomic E-state index is 4.47. The summed E-state index contributed by atoms with van der Waals surface area (Å²) in [5, 5.41) is 13.2. The van der Waals surface area contributed by atoms with E-state index in [-0.39, 0.29) is 0 Å². The van der Waals surface area contributed by atoms with Gasteiger partial charge in [0.1, 0.15) is 5.82 Å². The van der Waals surface area contributed by atoms with E-state index >= 15 is 0 Å². The lowest BCUT2D eigenvalue weighted by Crippen LogP contribution is -2.28. The lowest BCUT2D eigenvalue weighted by molar-refractivity contribution is 0.439. The fraction of sp³-hybridized carbons (Fsp3) is 0.429. The zero-order valence-corrected chi connectivity index (χ0v) is 13.7. The molecule has 0 atom stereocenters. The highest BCUT2D eigenvalue weighted by Gasteiger charge is 2.23. The van der Waals surface area contributed by atoms with E-state index in [1.165, 1.54) is 0 Å². The molecule has 20 heavy (non-hydrogen) atoms. The van der Waals surface area contributed by atoms with E-state index in [9.17, 15) is 0 Å². The predicted octanol–water partition coefficient (Wildman–Crippen LogP) is 3.22. The van der Waals surface area contributed by atoms with E-state index < -0.39 is 0 Å². The first-order chi connectivity index (χ1) is 9.79. The van der Waals surface area contributed by atoms with Gasteiger partial charge in [-0.25, -0.2) is 0 Å². The van der Waals surface area contributed by atoms with Gasteiger partial charge in [-0.2, -0.15) is 0 Å². The summed E-state index contributed by atoms with van der Waals surface area (Å²) in [5.41, 5.74) is 1.13. The number of hydrogen-bond donors (Lipinski definition) is 1. The second-order valence-electron chi connectivity index (χ2n) is 4.88. The van der Waals surface area contributed by atoms with Crippen LogP contribution in [-0.4, -0.2) is 34.1 Å². The Morgan fingerprint density at radius 2 is 2.10 bits per heavy atom. The molecule has 1 aromatic carbocycles. The molecule has 1 aromatic heterocycles. The molecular weight excluding hydrogens is 336 g/mol. The molecule has 1 N–H and O–H groups in total. The Morgan fingerprint density at radius 1 is 1.30 bits per heavy atom. The number of piperidine rings is 1. The number of thioether (sulfide) groups is 1. The van der Waals surface area contributed by atoms with E-state index in [1.807, 2.05) is 12.3 Å². The molecule has 2 heterocycles. The lowest BCUT2D eigenvalue weighted by Gasteiger charge is -2.22. The third-order valence-corrected chi connectivity index (χ3v) is 4.73. The summed E-state index contributed by atoms with van der Waals surface area (Å²) in [7, 11) is 0. The van der Waals surface area contributed by atoms with Gasteiger partial charge in [0.15, 0.2) is 5.16 Å². The fourth-order valence-electron chi connectivity index (χ4n) is 2.62. The Hall–Kier alpha value is -0.850. The first kappa shape index (κ1) is 14.1. The standard InChI is InChI=1S/C14H17BrN4S/c1-20-14-18-17-13(10-5-7-16-8-6-10)19(14)12-4-2-3-11(15)9-12/h2-4,9-10,16H,5-8H2,1H3. The van der Waals surface area contributed by atoms with Gasteiger partial charge in [-0.15, -0.1) is 10.2 Å². The molecule has 1 aliphatic rings. The third kappa shape index (κ3) is 2.77. The lowest BCUT2D eigenvalue weighted by atomic mass is 9.97. The van der Waals surface area contributed by atoms with Crippen molar-refractivity contribution in [3.05, 3.63) is 34.6 Å². The van der Waals surface area contributed by atoms with E-state index in [0.717, 1.165) is 47.1 Å². The van der Waals surface area contributed by atoms with Crippen LogP contribution in [0, 0.1) is 0 Å². The normalized spacial score (nSPS) is 16.5. The van der Waals surface area contributed by atoms with Gasteiger partial charge >= 0.3 is 0 Å². The van der Waals surface area contributed by atoms with Crippen LogP contribution in [0.15, 0.2) is 33.9 Å². The molecular formula is C14H17BrN4S. The fourth-order valence-corrected chi connectivity index (χ4v) is 3.51. The van der Waals surface area contributed by atoms with Crippen molar-refractivity contribution in [3.8, 4) is 5.69 Å². The van der Waals surface area contributed by atoms with Gasteiger partial charge in [-0.1, -0.05) is 33.8 Å². The van der Waals surface area contributed by atoms with E-state index in [0.29, 0.717) is 5.92 Å². The number of aromatic nitrogens is 3. The average molecular weight is 353 g/mol. The van der Waals surface area contributed by atoms with Crippen LogP contribution in [0.5, 0.6) is 0 Å². The van der Waals surface area contributed by atoms with Crippen molar-refractivity contribution in [3.63, 3.8) is 0 Å². The number of benzene rings is 1. The van der Waals surface area contributed by atoms with Gasteiger partial charge in [0.2, 0.25) is 0 Å². The number of nitrogens with one attached hydrogen (secondary N) is 1. The van der Waals surface area contributed by atoms with Crippen LogP contribution in [-0.2, 0) is 0 Å². The van der Waals surface area contributed by atoms with Crippen molar-refractivity contribution < 1.29 is 0 Å². The predicted molar refractivity (Wildman–Crippen MR) is 85.7 cm³/mol.